The summed E-state index contributed by atoms with van der Waals surface area (Å²) < 4.78 is 56.7. The standard InChI is InChI=1S/C49H83N3O16P2/c1-3-40(2)31-27-23-19-15-12-13-16-20-24-28-32-44(54)63-37-41(66-45(55)33-29-25-21-17-11-9-7-5-4-6-8-10-14-18-22-26-30-36-53)38-64-69(59,60)68-70(61,62)65-39-42-46(56)47(57)48(67-42)52-35-34-43(50)51-49(52)58/h4,6-7,9-10,14,17,21,34-35,40-42,46-48,53,56-57H,3,5,8,11-13,15-16,18-20,22-33,36-39H2,1-2H3,(H,59,60)(H,61,62)(H2,50,51,58)/b6-4-,9-7-,14-10-,21-17-/t40?,41-,42-,46-,47-,48-/m1/s1. The van der Waals surface area contributed by atoms with E-state index in [9.17, 15) is 43.5 Å². The van der Waals surface area contributed by atoms with Gasteiger partial charge in [-0.05, 0) is 69.8 Å². The normalized spacial score (nSPS) is 20.1. The van der Waals surface area contributed by atoms with E-state index in [4.69, 9.17) is 34.1 Å². The summed E-state index contributed by atoms with van der Waals surface area (Å²) in [6.07, 6.45) is 30.8. The van der Waals surface area contributed by atoms with Crippen molar-refractivity contribution in [3.05, 3.63) is 71.4 Å². The number of ether oxygens (including phenoxy) is 3. The van der Waals surface area contributed by atoms with Gasteiger partial charge in [0.15, 0.2) is 12.3 Å². The highest BCUT2D eigenvalue weighted by Gasteiger charge is 2.46. The molecule has 1 fully saturated rings. The number of nitrogen functional groups attached to an aromatic ring is 1. The van der Waals surface area contributed by atoms with Gasteiger partial charge in [0.2, 0.25) is 0 Å². The van der Waals surface area contributed by atoms with Gasteiger partial charge in [-0.1, -0.05) is 140 Å². The zero-order chi connectivity index (χ0) is 51.5. The van der Waals surface area contributed by atoms with E-state index < -0.39 is 83.7 Å². The number of aliphatic hydroxyl groups is 3. The summed E-state index contributed by atoms with van der Waals surface area (Å²) in [5.74, 6) is -0.581. The second kappa shape index (κ2) is 37.4. The van der Waals surface area contributed by atoms with Gasteiger partial charge in [-0.15, -0.1) is 0 Å². The highest BCUT2D eigenvalue weighted by molar-refractivity contribution is 7.61. The van der Waals surface area contributed by atoms with E-state index in [1.54, 1.807) is 0 Å². The predicted octanol–water partition coefficient (Wildman–Crippen LogP) is 9.00. The van der Waals surface area contributed by atoms with Crippen LogP contribution in [0.15, 0.2) is 65.7 Å². The SMILES string of the molecule is CCC(C)CCCCCCCCCCCCC(=O)OC[C@H](COP(=O)(O)OP(=O)(O)OC[C@H]1O[C@@H](n2ccc(N)nc2=O)[C@H](O)[C@@H]1O)OC(=O)CCC/C=C\C/C=C\C/C=C\C/C=C\CCCCCO. The highest BCUT2D eigenvalue weighted by atomic mass is 31.3. The molecule has 1 aromatic heterocycles. The first-order valence-corrected chi connectivity index (χ1v) is 28.1. The Hall–Kier alpha value is -3.32. The number of aromatic nitrogens is 2. The smallest absolute Gasteiger partial charge is 0.462 e. The van der Waals surface area contributed by atoms with Crippen LogP contribution in [0.2, 0.25) is 0 Å². The van der Waals surface area contributed by atoms with E-state index in [1.165, 1.54) is 51.0 Å². The molecule has 2 heterocycles. The van der Waals surface area contributed by atoms with Gasteiger partial charge in [0.05, 0.1) is 13.2 Å². The topological polar surface area (TPSA) is 286 Å². The van der Waals surface area contributed by atoms with Crippen LogP contribution in [-0.2, 0) is 46.3 Å². The maximum absolute atomic E-state index is 12.8. The Balaban J connectivity index is 1.83. The Bertz CT molecular complexity index is 1880. The molecule has 3 unspecified atom stereocenters. The third kappa shape index (κ3) is 29.9. The molecule has 8 atom stereocenters. The third-order valence-electron chi connectivity index (χ3n) is 11.5. The Morgan fingerprint density at radius 3 is 1.90 bits per heavy atom. The molecule has 0 amide bonds. The van der Waals surface area contributed by atoms with Crippen LogP contribution >= 0.6 is 15.6 Å². The van der Waals surface area contributed by atoms with E-state index >= 15 is 0 Å². The molecule has 0 aromatic carbocycles. The summed E-state index contributed by atoms with van der Waals surface area (Å²) >= 11 is 0. The van der Waals surface area contributed by atoms with E-state index in [-0.39, 0.29) is 25.3 Å². The number of rotatable bonds is 41. The van der Waals surface area contributed by atoms with Gasteiger partial charge in [-0.2, -0.15) is 9.29 Å². The molecule has 0 radical (unpaired) electrons. The van der Waals surface area contributed by atoms with Crippen molar-refractivity contribution in [2.24, 2.45) is 5.92 Å². The fraction of sp³-hybridized carbons (Fsp3) is 0.714. The number of nitrogens with two attached hydrogens (primary N) is 1. The maximum Gasteiger partial charge on any atom is 0.481 e. The zero-order valence-electron chi connectivity index (χ0n) is 41.4. The van der Waals surface area contributed by atoms with Crippen LogP contribution in [0.25, 0.3) is 0 Å². The number of esters is 2. The lowest BCUT2D eigenvalue weighted by atomic mass is 9.99. The molecule has 21 heteroatoms. The largest absolute Gasteiger partial charge is 0.481 e. The number of unbranched alkanes of at least 4 members (excludes halogenated alkanes) is 13. The first-order valence-electron chi connectivity index (χ1n) is 25.2. The van der Waals surface area contributed by atoms with Crippen LogP contribution in [0.3, 0.4) is 0 Å². The monoisotopic (exact) mass is 1030 g/mol. The number of carbonyl (C=O) groups is 2. The molecule has 70 heavy (non-hydrogen) atoms. The molecule has 2 rings (SSSR count). The van der Waals surface area contributed by atoms with Gasteiger partial charge in [0, 0.05) is 25.6 Å². The molecule has 1 saturated heterocycles. The number of hydrogen-bond acceptors (Lipinski definition) is 16. The number of phosphoric acid groups is 2. The van der Waals surface area contributed by atoms with Crippen LogP contribution in [0.4, 0.5) is 5.82 Å². The second-order valence-electron chi connectivity index (χ2n) is 17.6. The van der Waals surface area contributed by atoms with Crippen molar-refractivity contribution >= 4 is 33.4 Å². The summed E-state index contributed by atoms with van der Waals surface area (Å²) in [5, 5.41) is 29.7. The van der Waals surface area contributed by atoms with Crippen molar-refractivity contribution in [3.63, 3.8) is 0 Å². The van der Waals surface area contributed by atoms with Crippen molar-refractivity contribution in [1.29, 1.82) is 0 Å². The van der Waals surface area contributed by atoms with Gasteiger partial charge in [0.25, 0.3) is 0 Å². The third-order valence-corrected chi connectivity index (χ3v) is 14.1. The van der Waals surface area contributed by atoms with Crippen molar-refractivity contribution in [1.82, 2.24) is 9.55 Å². The van der Waals surface area contributed by atoms with Gasteiger partial charge in [-0.3, -0.25) is 23.2 Å². The quantitative estimate of drug-likeness (QED) is 0.0154. The molecule has 19 nitrogen and oxygen atoms in total. The number of aliphatic hydroxyl groups excluding tert-OH is 3. The Morgan fingerprint density at radius 1 is 0.757 bits per heavy atom. The van der Waals surface area contributed by atoms with Crippen molar-refractivity contribution in [2.45, 2.75) is 192 Å². The summed E-state index contributed by atoms with van der Waals surface area (Å²) in [7, 11) is -10.9. The molecule has 0 bridgehead atoms. The lowest BCUT2D eigenvalue weighted by Gasteiger charge is -2.21. The number of phosphoric ester groups is 2. The lowest BCUT2D eigenvalue weighted by Crippen LogP contribution is -2.36. The molecule has 1 aliphatic heterocycles. The van der Waals surface area contributed by atoms with Crippen molar-refractivity contribution in [2.75, 3.05) is 32.2 Å². The van der Waals surface area contributed by atoms with Crippen LogP contribution in [0.5, 0.6) is 0 Å². The number of allylic oxidation sites excluding steroid dienone is 8. The summed E-state index contributed by atoms with van der Waals surface area (Å²) in [5.41, 5.74) is 4.58. The Kier molecular flexibility index (Phi) is 33.6. The summed E-state index contributed by atoms with van der Waals surface area (Å²) in [6, 6.07) is 1.24. The Labute approximate surface area is 414 Å². The van der Waals surface area contributed by atoms with E-state index in [0.717, 1.165) is 87.3 Å². The molecule has 400 valence electrons. The molecule has 1 aliphatic rings. The number of hydrogen-bond donors (Lipinski definition) is 6. The average Bonchev–Trinajstić information content (AvgIpc) is 3.59. The second-order valence-corrected chi connectivity index (χ2v) is 20.7. The number of carbonyl (C=O) groups excluding carboxylic acids is 2. The molecule has 7 N–H and O–H groups in total. The first-order chi connectivity index (χ1) is 33.6. The fourth-order valence-electron chi connectivity index (χ4n) is 7.20. The van der Waals surface area contributed by atoms with Gasteiger partial charge in [-0.25, -0.2) is 13.9 Å². The van der Waals surface area contributed by atoms with Crippen LogP contribution in [0.1, 0.15) is 168 Å². The predicted molar refractivity (Wildman–Crippen MR) is 267 cm³/mol. The fourth-order valence-corrected chi connectivity index (χ4v) is 9.31. The molecular formula is C49H83N3O16P2. The Morgan fingerprint density at radius 2 is 1.30 bits per heavy atom. The van der Waals surface area contributed by atoms with Gasteiger partial charge in [0.1, 0.15) is 30.7 Å². The van der Waals surface area contributed by atoms with Crippen molar-refractivity contribution < 1.29 is 71.4 Å². The first kappa shape index (κ1) is 62.8. The van der Waals surface area contributed by atoms with Crippen LogP contribution < -0.4 is 11.4 Å². The van der Waals surface area contributed by atoms with Crippen LogP contribution in [0, 0.1) is 5.92 Å². The molecule has 0 aliphatic carbocycles. The minimum atomic E-state index is -5.44. The minimum absolute atomic E-state index is 0.0359. The van der Waals surface area contributed by atoms with Crippen molar-refractivity contribution in [3.8, 4) is 0 Å². The van der Waals surface area contributed by atoms with Gasteiger partial charge < -0.3 is 45.1 Å². The molecule has 0 spiro atoms. The molecule has 1 aromatic rings. The number of nitrogens with zero attached hydrogens (tertiary/aromatic N) is 2. The lowest BCUT2D eigenvalue weighted by molar-refractivity contribution is -0.161. The average molecular weight is 1030 g/mol. The minimum Gasteiger partial charge on any atom is -0.462 e. The number of anilines is 1. The van der Waals surface area contributed by atoms with E-state index in [2.05, 4.69) is 53.5 Å². The maximum atomic E-state index is 12.8. The summed E-state index contributed by atoms with van der Waals surface area (Å²) in [4.78, 5) is 61.8. The zero-order valence-corrected chi connectivity index (χ0v) is 43.2. The molecular weight excluding hydrogens is 948 g/mol. The highest BCUT2D eigenvalue weighted by Crippen LogP contribution is 2.60. The molecule has 0 saturated carbocycles. The van der Waals surface area contributed by atoms with Crippen LogP contribution in [-0.4, -0.2) is 97.4 Å². The van der Waals surface area contributed by atoms with E-state index in [1.807, 2.05) is 18.2 Å². The van der Waals surface area contributed by atoms with Gasteiger partial charge >= 0.3 is 33.3 Å². The summed E-state index contributed by atoms with van der Waals surface area (Å²) in [6.45, 7) is 2.42. The van der Waals surface area contributed by atoms with E-state index in [0.29, 0.717) is 19.3 Å².